The summed E-state index contributed by atoms with van der Waals surface area (Å²) in [6.45, 7) is 3.34. The predicted molar refractivity (Wildman–Crippen MR) is 113 cm³/mol. The Kier molecular flexibility index (Phi) is 12.3. The summed E-state index contributed by atoms with van der Waals surface area (Å²) in [5, 5.41) is 19.2. The fraction of sp³-hybridized carbons (Fsp3) is 0.800. The van der Waals surface area contributed by atoms with E-state index in [1.54, 1.807) is 9.48 Å². The maximum absolute atomic E-state index is 12.7. The van der Waals surface area contributed by atoms with E-state index in [1.165, 1.54) is 19.3 Å². The minimum atomic E-state index is -4.29. The maximum Gasteiger partial charge on any atom is 0.316 e. The third-order valence-corrected chi connectivity index (χ3v) is 5.66. The lowest BCUT2D eigenvalue weighted by molar-refractivity contribution is -0.525. The fourth-order valence-electron chi connectivity index (χ4n) is 3.48. The van der Waals surface area contributed by atoms with Gasteiger partial charge in [0.15, 0.2) is 0 Å². The van der Waals surface area contributed by atoms with Gasteiger partial charge < -0.3 is 10.2 Å². The molecule has 0 fully saturated rings. The first kappa shape index (κ1) is 25.7. The number of allylic oxidation sites excluding steroid dienone is 2. The molecule has 0 aliphatic carbocycles. The number of unbranched alkanes of at least 4 members (excludes halogenated alkanes) is 5. The largest absolute Gasteiger partial charge is 0.392 e. The van der Waals surface area contributed by atoms with E-state index < -0.39 is 22.0 Å². The van der Waals surface area contributed by atoms with Gasteiger partial charge in [0.2, 0.25) is 5.78 Å². The zero-order valence-electron chi connectivity index (χ0n) is 17.5. The third kappa shape index (κ3) is 10.9. The smallest absolute Gasteiger partial charge is 0.316 e. The minimum Gasteiger partial charge on any atom is -0.392 e. The first-order valence-electron chi connectivity index (χ1n) is 10.6. The fourth-order valence-corrected chi connectivity index (χ4v) is 4.07. The normalized spacial score (nSPS) is 16.2. The minimum absolute atomic E-state index is 0.0523. The van der Waals surface area contributed by atoms with E-state index in [0.29, 0.717) is 31.9 Å². The van der Waals surface area contributed by atoms with Crippen molar-refractivity contribution in [3.63, 3.8) is 0 Å². The number of carbonyl (C=O) groups excluding carboxylic acids is 1. The lowest BCUT2D eigenvalue weighted by Crippen LogP contribution is -2.40. The molecule has 1 unspecified atom stereocenters. The number of Topliss-reactive ketones (excluding diaryl/α,β-unsaturated/α-hetero) is 1. The Hall–Kier alpha value is -1.29. The van der Waals surface area contributed by atoms with Gasteiger partial charge >= 0.3 is 5.84 Å². The van der Waals surface area contributed by atoms with Crippen LogP contribution in [-0.2, 0) is 14.9 Å². The molecule has 8 nitrogen and oxygen atoms in total. The number of hydrogen-bond donors (Lipinski definition) is 3. The van der Waals surface area contributed by atoms with Crippen molar-refractivity contribution in [2.24, 2.45) is 0 Å². The predicted octanol–water partition coefficient (Wildman–Crippen LogP) is 1.22. The molecule has 3 N–H and O–H groups in total. The quantitative estimate of drug-likeness (QED) is 0.145. The van der Waals surface area contributed by atoms with E-state index in [0.717, 1.165) is 25.7 Å². The molecule has 0 aromatic heterocycles. The van der Waals surface area contributed by atoms with Crippen molar-refractivity contribution in [3.8, 4) is 0 Å². The molecule has 0 radical (unpaired) electrons. The van der Waals surface area contributed by atoms with Crippen LogP contribution in [0.2, 0.25) is 0 Å². The summed E-state index contributed by atoms with van der Waals surface area (Å²) in [5.41, 5.74) is 0. The summed E-state index contributed by atoms with van der Waals surface area (Å²) >= 11 is 0. The molecule has 1 rings (SSSR count). The van der Waals surface area contributed by atoms with Crippen molar-refractivity contribution in [3.05, 3.63) is 12.2 Å². The summed E-state index contributed by atoms with van der Waals surface area (Å²) < 4.78 is 32.5. The highest BCUT2D eigenvalue weighted by atomic mass is 32.2. The molecule has 0 aromatic rings. The maximum atomic E-state index is 12.7. The summed E-state index contributed by atoms with van der Waals surface area (Å²) in [7, 11) is -4.29. The zero-order chi connectivity index (χ0) is 21.7. The second-order valence-corrected chi connectivity index (χ2v) is 9.02. The number of carbonyl (C=O) groups is 1. The number of hydrogen-bond acceptors (Lipinski definition) is 6. The van der Waals surface area contributed by atoms with Crippen LogP contribution in [0, 0.1) is 0 Å². The highest BCUT2D eigenvalue weighted by molar-refractivity contribution is 7.85. The van der Waals surface area contributed by atoms with Crippen molar-refractivity contribution >= 4 is 21.7 Å². The van der Waals surface area contributed by atoms with Crippen LogP contribution >= 0.6 is 0 Å². The first-order valence-corrected chi connectivity index (χ1v) is 12.2. The van der Waals surface area contributed by atoms with E-state index >= 15 is 0 Å². The van der Waals surface area contributed by atoms with Gasteiger partial charge in [0.1, 0.15) is 38.0 Å². The van der Waals surface area contributed by atoms with Crippen LogP contribution in [0.1, 0.15) is 58.3 Å². The molecular formula is C20H37N2O6S+. The number of aliphatic hydroxyl groups excluding tert-OH is 2. The average molecular weight is 434 g/mol. The number of ketones is 1. The lowest BCUT2D eigenvalue weighted by atomic mass is 10.1. The first-order chi connectivity index (χ1) is 13.8. The Morgan fingerprint density at radius 3 is 2.45 bits per heavy atom. The second kappa shape index (κ2) is 13.8. The molecule has 0 aromatic carbocycles. The van der Waals surface area contributed by atoms with E-state index in [4.69, 9.17) is 4.55 Å². The van der Waals surface area contributed by atoms with E-state index in [9.17, 15) is 23.4 Å². The van der Waals surface area contributed by atoms with Crippen molar-refractivity contribution in [1.82, 2.24) is 4.90 Å². The van der Waals surface area contributed by atoms with Crippen molar-refractivity contribution in [1.29, 1.82) is 0 Å². The molecule has 29 heavy (non-hydrogen) atoms. The molecule has 0 bridgehead atoms. The third-order valence-electron chi connectivity index (χ3n) is 4.86. The molecule has 1 aliphatic heterocycles. The molecule has 0 saturated heterocycles. The number of rotatable bonds is 16. The Morgan fingerprint density at radius 1 is 1.21 bits per heavy atom. The monoisotopic (exact) mass is 433 g/mol. The molecular weight excluding hydrogens is 396 g/mol. The van der Waals surface area contributed by atoms with Crippen molar-refractivity contribution in [2.75, 3.05) is 38.5 Å². The summed E-state index contributed by atoms with van der Waals surface area (Å²) in [6.07, 6.45) is 10.8. The van der Waals surface area contributed by atoms with Gasteiger partial charge in [-0.1, -0.05) is 31.9 Å². The van der Waals surface area contributed by atoms with Crippen LogP contribution in [0.15, 0.2) is 12.2 Å². The molecule has 0 spiro atoms. The van der Waals surface area contributed by atoms with Gasteiger partial charge in [-0.25, -0.2) is 0 Å². The highest BCUT2D eigenvalue weighted by Gasteiger charge is 2.36. The van der Waals surface area contributed by atoms with E-state index in [2.05, 4.69) is 19.1 Å². The molecule has 0 saturated carbocycles. The lowest BCUT2D eigenvalue weighted by Gasteiger charge is -2.13. The van der Waals surface area contributed by atoms with Crippen LogP contribution in [-0.4, -0.2) is 88.9 Å². The summed E-state index contributed by atoms with van der Waals surface area (Å²) in [5.74, 6) is -0.416. The number of amidine groups is 1. The van der Waals surface area contributed by atoms with Gasteiger partial charge in [-0.05, 0) is 32.1 Å². The molecule has 1 heterocycles. The molecule has 0 amide bonds. The molecule has 1 aliphatic rings. The number of aliphatic hydroxyl groups is 2. The van der Waals surface area contributed by atoms with Gasteiger partial charge in [-0.2, -0.15) is 8.42 Å². The van der Waals surface area contributed by atoms with E-state index in [-0.39, 0.29) is 18.9 Å². The average Bonchev–Trinajstić information content (AvgIpc) is 3.01. The Balaban J connectivity index is 2.57. The Bertz CT molecular complexity index is 660. The number of β-amino-alcohol motifs (C(OH)–C–C–N with tert-alkyl or cyclic N) is 2. The second-order valence-electron chi connectivity index (χ2n) is 7.52. The van der Waals surface area contributed by atoms with Crippen molar-refractivity contribution < 1.29 is 32.6 Å². The van der Waals surface area contributed by atoms with Crippen LogP contribution in [0.4, 0.5) is 0 Å². The SMILES string of the molecule is CCCCC/C=C/CCCCC(=O)C1=[N+](CC(O)CS(=O)(=O)O)CCN1CCO. The van der Waals surface area contributed by atoms with Gasteiger partial charge in [-0.15, -0.1) is 0 Å². The summed E-state index contributed by atoms with van der Waals surface area (Å²) in [4.78, 5) is 14.5. The van der Waals surface area contributed by atoms with Gasteiger partial charge in [-0.3, -0.25) is 18.8 Å². The molecule has 168 valence electrons. The van der Waals surface area contributed by atoms with Crippen molar-refractivity contribution in [2.45, 2.75) is 64.4 Å². The van der Waals surface area contributed by atoms with E-state index in [1.807, 2.05) is 0 Å². The highest BCUT2D eigenvalue weighted by Crippen LogP contribution is 2.10. The van der Waals surface area contributed by atoms with Gasteiger partial charge in [0, 0.05) is 6.42 Å². The van der Waals surface area contributed by atoms with Crippen LogP contribution in [0.5, 0.6) is 0 Å². The Labute approximate surface area is 174 Å². The zero-order valence-corrected chi connectivity index (χ0v) is 18.3. The topological polar surface area (TPSA) is 118 Å². The van der Waals surface area contributed by atoms with Crippen LogP contribution < -0.4 is 0 Å². The number of nitrogens with zero attached hydrogens (tertiary/aromatic N) is 2. The molecule has 1 atom stereocenters. The Morgan fingerprint density at radius 2 is 1.86 bits per heavy atom. The van der Waals surface area contributed by atoms with Gasteiger partial charge in [0.05, 0.1) is 6.61 Å². The standard InChI is InChI=1S/C20H36N2O6S/c1-2-3-4-5-6-7-8-9-10-11-19(25)20-21(14-15-23)12-13-22(20)16-18(24)17-29(26,27)28/h6-7,18,23-24H,2-5,8-17H2,1H3/p+1/b7-6+. The van der Waals surface area contributed by atoms with Crippen LogP contribution in [0.3, 0.4) is 0 Å². The van der Waals surface area contributed by atoms with Crippen LogP contribution in [0.25, 0.3) is 0 Å². The summed E-state index contributed by atoms with van der Waals surface area (Å²) in [6, 6.07) is 0. The molecule has 9 heteroatoms. The van der Waals surface area contributed by atoms with Gasteiger partial charge in [0.25, 0.3) is 10.1 Å².